The summed E-state index contributed by atoms with van der Waals surface area (Å²) in [5, 5.41) is 0. The molecular weight excluding hydrogens is 226 g/mol. The largest absolute Gasteiger partial charge is 0.488 e. The summed E-state index contributed by atoms with van der Waals surface area (Å²) >= 11 is 0. The van der Waals surface area contributed by atoms with Crippen molar-refractivity contribution in [3.05, 3.63) is 28.8 Å². The van der Waals surface area contributed by atoms with Gasteiger partial charge < -0.3 is 10.5 Å². The summed E-state index contributed by atoms with van der Waals surface area (Å²) < 4.78 is 5.95. The minimum Gasteiger partial charge on any atom is -0.488 e. The van der Waals surface area contributed by atoms with E-state index in [1.807, 2.05) is 19.1 Å². The molecule has 18 heavy (non-hydrogen) atoms. The van der Waals surface area contributed by atoms with Crippen molar-refractivity contribution in [1.29, 1.82) is 0 Å². The van der Waals surface area contributed by atoms with Gasteiger partial charge in [0.25, 0.3) is 0 Å². The zero-order chi connectivity index (χ0) is 13.5. The van der Waals surface area contributed by atoms with Gasteiger partial charge in [-0.1, -0.05) is 0 Å². The van der Waals surface area contributed by atoms with Crippen molar-refractivity contribution < 1.29 is 9.53 Å². The third-order valence-corrected chi connectivity index (χ3v) is 3.60. The summed E-state index contributed by atoms with van der Waals surface area (Å²) in [6.07, 6.45) is 1.92. The SMILES string of the molecule is Cc1c(C(=O)C(C)N)ccc2c1CCC(C)(C)O2. The van der Waals surface area contributed by atoms with Gasteiger partial charge in [0.05, 0.1) is 6.04 Å². The van der Waals surface area contributed by atoms with Crippen LogP contribution in [0.3, 0.4) is 0 Å². The molecule has 1 aromatic carbocycles. The first-order valence-electron chi connectivity index (χ1n) is 6.43. The molecule has 0 radical (unpaired) electrons. The van der Waals surface area contributed by atoms with E-state index in [0.29, 0.717) is 0 Å². The zero-order valence-electron chi connectivity index (χ0n) is 11.5. The molecule has 1 heterocycles. The summed E-state index contributed by atoms with van der Waals surface area (Å²) in [4.78, 5) is 12.0. The van der Waals surface area contributed by atoms with Crippen LogP contribution in [0.25, 0.3) is 0 Å². The lowest BCUT2D eigenvalue weighted by molar-refractivity contribution is 0.0843. The third-order valence-electron chi connectivity index (χ3n) is 3.60. The van der Waals surface area contributed by atoms with Crippen LogP contribution in [0.4, 0.5) is 0 Å². The highest BCUT2D eigenvalue weighted by molar-refractivity contribution is 6.01. The second-order valence-corrected chi connectivity index (χ2v) is 5.73. The summed E-state index contributed by atoms with van der Waals surface area (Å²) in [5.74, 6) is 0.908. The highest BCUT2D eigenvalue weighted by atomic mass is 16.5. The number of nitrogens with two attached hydrogens (primary N) is 1. The quantitative estimate of drug-likeness (QED) is 0.817. The molecule has 0 amide bonds. The maximum absolute atomic E-state index is 12.0. The number of hydrogen-bond acceptors (Lipinski definition) is 3. The van der Waals surface area contributed by atoms with Crippen LogP contribution in [0.5, 0.6) is 5.75 Å². The normalized spacial score (nSPS) is 18.7. The van der Waals surface area contributed by atoms with E-state index >= 15 is 0 Å². The van der Waals surface area contributed by atoms with Crippen LogP contribution >= 0.6 is 0 Å². The third kappa shape index (κ3) is 2.27. The molecule has 2 rings (SSSR count). The van der Waals surface area contributed by atoms with E-state index in [-0.39, 0.29) is 11.4 Å². The molecule has 1 aliphatic heterocycles. The van der Waals surface area contributed by atoms with Crippen LogP contribution < -0.4 is 10.5 Å². The van der Waals surface area contributed by atoms with E-state index in [1.165, 1.54) is 0 Å². The fourth-order valence-electron chi connectivity index (χ4n) is 2.43. The van der Waals surface area contributed by atoms with Crippen molar-refractivity contribution in [2.45, 2.75) is 52.2 Å². The van der Waals surface area contributed by atoms with E-state index in [0.717, 1.165) is 35.3 Å². The maximum atomic E-state index is 12.0. The molecule has 0 spiro atoms. The number of benzene rings is 1. The highest BCUT2D eigenvalue weighted by Gasteiger charge is 2.29. The molecule has 1 unspecified atom stereocenters. The standard InChI is InChI=1S/C15H21NO2/c1-9-11-7-8-15(3,4)18-13(11)6-5-12(9)14(17)10(2)16/h5-6,10H,7-8,16H2,1-4H3. The molecule has 0 fully saturated rings. The van der Waals surface area contributed by atoms with Gasteiger partial charge >= 0.3 is 0 Å². The van der Waals surface area contributed by atoms with Gasteiger partial charge in [0.15, 0.2) is 5.78 Å². The lowest BCUT2D eigenvalue weighted by atomic mass is 9.88. The first kappa shape index (κ1) is 13.1. The average Bonchev–Trinajstić information content (AvgIpc) is 2.27. The van der Waals surface area contributed by atoms with Gasteiger partial charge in [-0.15, -0.1) is 0 Å². The molecule has 3 heteroatoms. The van der Waals surface area contributed by atoms with E-state index in [4.69, 9.17) is 10.5 Å². The van der Waals surface area contributed by atoms with Gasteiger partial charge in [0, 0.05) is 5.56 Å². The van der Waals surface area contributed by atoms with Crippen LogP contribution in [-0.2, 0) is 6.42 Å². The Hall–Kier alpha value is -1.35. The monoisotopic (exact) mass is 247 g/mol. The summed E-state index contributed by atoms with van der Waals surface area (Å²) in [7, 11) is 0. The molecule has 0 aliphatic carbocycles. The number of carbonyl (C=O) groups is 1. The predicted octanol–water partition coefficient (Wildman–Crippen LogP) is 2.63. The second-order valence-electron chi connectivity index (χ2n) is 5.73. The van der Waals surface area contributed by atoms with Gasteiger partial charge in [-0.25, -0.2) is 0 Å². The second kappa shape index (κ2) is 4.39. The molecule has 1 aromatic rings. The molecule has 98 valence electrons. The highest BCUT2D eigenvalue weighted by Crippen LogP contribution is 2.36. The van der Waals surface area contributed by atoms with Gasteiger partial charge in [-0.3, -0.25) is 4.79 Å². The van der Waals surface area contributed by atoms with Gasteiger partial charge in [0.1, 0.15) is 11.4 Å². The van der Waals surface area contributed by atoms with E-state index < -0.39 is 6.04 Å². The molecule has 1 aliphatic rings. The molecule has 1 atom stereocenters. The first-order chi connectivity index (χ1) is 8.32. The lowest BCUT2D eigenvalue weighted by Gasteiger charge is -2.33. The van der Waals surface area contributed by atoms with Crippen LogP contribution in [0, 0.1) is 6.92 Å². The summed E-state index contributed by atoms with van der Waals surface area (Å²) in [5.41, 5.74) is 8.46. The Morgan fingerprint density at radius 1 is 1.44 bits per heavy atom. The predicted molar refractivity (Wildman–Crippen MR) is 72.2 cm³/mol. The Morgan fingerprint density at radius 2 is 2.11 bits per heavy atom. The van der Waals surface area contributed by atoms with Crippen molar-refractivity contribution in [3.63, 3.8) is 0 Å². The first-order valence-corrected chi connectivity index (χ1v) is 6.43. The van der Waals surface area contributed by atoms with Crippen molar-refractivity contribution in [2.75, 3.05) is 0 Å². The Kier molecular flexibility index (Phi) is 3.20. The lowest BCUT2D eigenvalue weighted by Crippen LogP contribution is -2.33. The number of ether oxygens (including phenoxy) is 1. The number of fused-ring (bicyclic) bond motifs is 1. The molecule has 0 aromatic heterocycles. The molecule has 2 N–H and O–H groups in total. The van der Waals surface area contributed by atoms with E-state index in [1.54, 1.807) is 6.92 Å². The molecular formula is C15H21NO2. The number of hydrogen-bond donors (Lipinski definition) is 1. The number of ketones is 1. The van der Waals surface area contributed by atoms with Crippen molar-refractivity contribution in [1.82, 2.24) is 0 Å². The van der Waals surface area contributed by atoms with Crippen molar-refractivity contribution in [3.8, 4) is 5.75 Å². The Labute approximate surface area is 108 Å². The van der Waals surface area contributed by atoms with Crippen LogP contribution in [0.15, 0.2) is 12.1 Å². The van der Waals surface area contributed by atoms with Gasteiger partial charge in [-0.2, -0.15) is 0 Å². The number of Topliss-reactive ketones (excluding diaryl/α,β-unsaturated/α-hetero) is 1. The van der Waals surface area contributed by atoms with Crippen LogP contribution in [0.2, 0.25) is 0 Å². The molecule has 0 bridgehead atoms. The Morgan fingerprint density at radius 3 is 2.72 bits per heavy atom. The van der Waals surface area contributed by atoms with E-state index in [9.17, 15) is 4.79 Å². The summed E-state index contributed by atoms with van der Waals surface area (Å²) in [6, 6.07) is 3.28. The molecule has 0 saturated carbocycles. The topological polar surface area (TPSA) is 52.3 Å². The maximum Gasteiger partial charge on any atom is 0.179 e. The summed E-state index contributed by atoms with van der Waals surface area (Å²) in [6.45, 7) is 7.88. The van der Waals surface area contributed by atoms with Gasteiger partial charge in [-0.05, 0) is 63.8 Å². The van der Waals surface area contributed by atoms with Gasteiger partial charge in [0.2, 0.25) is 0 Å². The Balaban J connectivity index is 2.43. The molecule has 3 nitrogen and oxygen atoms in total. The minimum atomic E-state index is -0.456. The zero-order valence-corrected chi connectivity index (χ0v) is 11.5. The number of rotatable bonds is 2. The number of carbonyl (C=O) groups excluding carboxylic acids is 1. The smallest absolute Gasteiger partial charge is 0.179 e. The Bertz CT molecular complexity index is 490. The van der Waals surface area contributed by atoms with Crippen LogP contribution in [-0.4, -0.2) is 17.4 Å². The minimum absolute atomic E-state index is 0.000124. The molecule has 0 saturated heterocycles. The van der Waals surface area contributed by atoms with Crippen molar-refractivity contribution >= 4 is 5.78 Å². The van der Waals surface area contributed by atoms with E-state index in [2.05, 4.69) is 13.8 Å². The van der Waals surface area contributed by atoms with Crippen LogP contribution in [0.1, 0.15) is 48.7 Å². The average molecular weight is 247 g/mol. The van der Waals surface area contributed by atoms with Crippen molar-refractivity contribution in [2.24, 2.45) is 5.73 Å². The fourth-order valence-corrected chi connectivity index (χ4v) is 2.43. The fraction of sp³-hybridized carbons (Fsp3) is 0.533.